The fourth-order valence-corrected chi connectivity index (χ4v) is 3.35. The van der Waals surface area contributed by atoms with Crippen LogP contribution in [0.2, 0.25) is 0 Å². The van der Waals surface area contributed by atoms with Crippen molar-refractivity contribution in [2.75, 3.05) is 23.0 Å². The van der Waals surface area contributed by atoms with Crippen molar-refractivity contribution in [1.82, 2.24) is 4.98 Å². The van der Waals surface area contributed by atoms with Gasteiger partial charge in [0.2, 0.25) is 0 Å². The second kappa shape index (κ2) is 5.57. The molecule has 1 aromatic rings. The van der Waals surface area contributed by atoms with E-state index >= 15 is 0 Å². The van der Waals surface area contributed by atoms with Gasteiger partial charge < -0.3 is 4.90 Å². The smallest absolute Gasteiger partial charge is 0.179 e. The molecule has 1 aromatic heterocycles. The topological polar surface area (TPSA) is 50.3 Å². The van der Waals surface area contributed by atoms with E-state index in [2.05, 4.69) is 25.8 Å². The number of pyridine rings is 1. The van der Waals surface area contributed by atoms with Crippen molar-refractivity contribution in [2.24, 2.45) is 0 Å². The fourth-order valence-electron chi connectivity index (χ4n) is 2.14. The van der Waals surface area contributed by atoms with Crippen LogP contribution in [-0.4, -0.2) is 37.6 Å². The molecule has 1 aliphatic carbocycles. The van der Waals surface area contributed by atoms with Crippen LogP contribution in [0.5, 0.6) is 0 Å². The molecule has 18 heavy (non-hydrogen) atoms. The molecule has 1 aliphatic rings. The van der Waals surface area contributed by atoms with Gasteiger partial charge in [0.25, 0.3) is 0 Å². The quantitative estimate of drug-likeness (QED) is 0.776. The average molecular weight is 333 g/mol. The Morgan fingerprint density at radius 2 is 2.22 bits per heavy atom. The Morgan fingerprint density at radius 3 is 2.72 bits per heavy atom. The summed E-state index contributed by atoms with van der Waals surface area (Å²) in [6, 6.07) is 3.74. The van der Waals surface area contributed by atoms with Gasteiger partial charge in [0.05, 0.1) is 0 Å². The molecular formula is C12H17BrN2O2S. The molecule has 0 saturated heterocycles. The number of anilines is 1. The summed E-state index contributed by atoms with van der Waals surface area (Å²) in [6.07, 6.45) is 6.34. The highest BCUT2D eigenvalue weighted by Gasteiger charge is 2.28. The van der Waals surface area contributed by atoms with Crippen LogP contribution in [0.15, 0.2) is 23.2 Å². The van der Waals surface area contributed by atoms with Crippen molar-refractivity contribution in [1.29, 1.82) is 0 Å². The highest BCUT2D eigenvalue weighted by molar-refractivity contribution is 9.09. The lowest BCUT2D eigenvalue weighted by molar-refractivity contribution is 0.387. The van der Waals surface area contributed by atoms with Crippen LogP contribution in [0.3, 0.4) is 0 Å². The zero-order valence-corrected chi connectivity index (χ0v) is 12.7. The van der Waals surface area contributed by atoms with Gasteiger partial charge in [0.1, 0.15) is 10.7 Å². The lowest BCUT2D eigenvalue weighted by Crippen LogP contribution is -2.42. The van der Waals surface area contributed by atoms with Crippen LogP contribution < -0.4 is 4.90 Å². The predicted octanol–water partition coefficient (Wildman–Crippen LogP) is 2.24. The van der Waals surface area contributed by atoms with Gasteiger partial charge in [-0.3, -0.25) is 0 Å². The van der Waals surface area contributed by atoms with E-state index in [9.17, 15) is 8.42 Å². The average Bonchev–Trinajstić information content (AvgIpc) is 2.25. The van der Waals surface area contributed by atoms with Gasteiger partial charge in [-0.05, 0) is 31.4 Å². The van der Waals surface area contributed by atoms with Crippen LogP contribution in [0.25, 0.3) is 0 Å². The Hall–Kier alpha value is -0.620. The summed E-state index contributed by atoms with van der Waals surface area (Å²) in [5.74, 6) is 0.601. The monoisotopic (exact) mass is 332 g/mol. The summed E-state index contributed by atoms with van der Waals surface area (Å²) in [5.41, 5.74) is 0. The SMILES string of the molecule is CS(=O)(=O)c1cccnc1N(CCBr)C1CCC1. The number of hydrogen-bond donors (Lipinski definition) is 0. The third-order valence-corrected chi connectivity index (χ3v) is 4.74. The first-order chi connectivity index (χ1) is 8.54. The third kappa shape index (κ3) is 2.85. The highest BCUT2D eigenvalue weighted by Crippen LogP contribution is 2.31. The molecule has 1 heterocycles. The minimum absolute atomic E-state index is 0.331. The first kappa shape index (κ1) is 13.8. The molecule has 0 spiro atoms. The van der Waals surface area contributed by atoms with Crippen molar-refractivity contribution in [3.8, 4) is 0 Å². The third-order valence-electron chi connectivity index (χ3n) is 3.26. The Morgan fingerprint density at radius 1 is 1.50 bits per heavy atom. The maximum atomic E-state index is 11.8. The number of sulfone groups is 1. The van der Waals surface area contributed by atoms with E-state index in [0.717, 1.165) is 24.7 Å². The van der Waals surface area contributed by atoms with Crippen molar-refractivity contribution < 1.29 is 8.42 Å². The Labute approximate surface area is 116 Å². The van der Waals surface area contributed by atoms with E-state index in [1.165, 1.54) is 12.7 Å². The Kier molecular flexibility index (Phi) is 4.27. The second-order valence-corrected chi connectivity index (χ2v) is 7.34. The normalized spacial score (nSPS) is 16.3. The van der Waals surface area contributed by atoms with Gasteiger partial charge in [0, 0.05) is 30.4 Å². The van der Waals surface area contributed by atoms with Crippen LogP contribution >= 0.6 is 15.9 Å². The standard InChI is InChI=1S/C12H17BrN2O2S/c1-18(16,17)11-6-3-8-14-12(11)15(9-7-13)10-4-2-5-10/h3,6,8,10H,2,4-5,7,9H2,1H3. The number of alkyl halides is 1. The molecule has 0 aromatic carbocycles. The van der Waals surface area contributed by atoms with Crippen molar-refractivity contribution in [3.63, 3.8) is 0 Å². The van der Waals surface area contributed by atoms with E-state index in [0.29, 0.717) is 16.8 Å². The Bertz CT molecular complexity index is 515. The van der Waals surface area contributed by atoms with E-state index in [1.54, 1.807) is 18.3 Å². The van der Waals surface area contributed by atoms with E-state index < -0.39 is 9.84 Å². The molecule has 0 radical (unpaired) electrons. The Balaban J connectivity index is 2.40. The van der Waals surface area contributed by atoms with Crippen LogP contribution in [-0.2, 0) is 9.84 Å². The zero-order valence-electron chi connectivity index (χ0n) is 10.3. The molecule has 2 rings (SSSR count). The van der Waals surface area contributed by atoms with Crippen LogP contribution in [0.4, 0.5) is 5.82 Å². The zero-order chi connectivity index (χ0) is 13.2. The maximum absolute atomic E-state index is 11.8. The molecule has 0 atom stereocenters. The van der Waals surface area contributed by atoms with Gasteiger partial charge in [-0.15, -0.1) is 0 Å². The number of aromatic nitrogens is 1. The number of halogens is 1. The molecule has 4 nitrogen and oxygen atoms in total. The summed E-state index contributed by atoms with van der Waals surface area (Å²) >= 11 is 3.43. The second-order valence-electron chi connectivity index (χ2n) is 4.56. The molecule has 6 heteroatoms. The molecule has 100 valence electrons. The van der Waals surface area contributed by atoms with Gasteiger partial charge in [-0.25, -0.2) is 13.4 Å². The lowest BCUT2D eigenvalue weighted by atomic mass is 9.91. The first-order valence-corrected chi connectivity index (χ1v) is 9.03. The number of rotatable bonds is 5. The summed E-state index contributed by atoms with van der Waals surface area (Å²) in [7, 11) is -3.23. The summed E-state index contributed by atoms with van der Waals surface area (Å²) in [6.45, 7) is 0.782. The minimum atomic E-state index is -3.23. The largest absolute Gasteiger partial charge is 0.352 e. The van der Waals surface area contributed by atoms with Crippen LogP contribution in [0, 0.1) is 0 Å². The predicted molar refractivity (Wildman–Crippen MR) is 76.1 cm³/mol. The van der Waals surface area contributed by atoms with Gasteiger partial charge in [0.15, 0.2) is 9.84 Å². The first-order valence-electron chi connectivity index (χ1n) is 6.01. The molecule has 0 unspecified atom stereocenters. The molecule has 0 N–H and O–H groups in total. The summed E-state index contributed by atoms with van der Waals surface area (Å²) < 4.78 is 23.6. The van der Waals surface area contributed by atoms with E-state index in [4.69, 9.17) is 0 Å². The van der Waals surface area contributed by atoms with Crippen molar-refractivity contribution in [3.05, 3.63) is 18.3 Å². The van der Waals surface area contributed by atoms with E-state index in [1.807, 2.05) is 0 Å². The summed E-state index contributed by atoms with van der Waals surface area (Å²) in [4.78, 5) is 6.74. The maximum Gasteiger partial charge on any atom is 0.179 e. The highest BCUT2D eigenvalue weighted by atomic mass is 79.9. The number of hydrogen-bond acceptors (Lipinski definition) is 4. The molecular weight excluding hydrogens is 316 g/mol. The molecule has 0 amide bonds. The van der Waals surface area contributed by atoms with Crippen molar-refractivity contribution in [2.45, 2.75) is 30.2 Å². The van der Waals surface area contributed by atoms with Gasteiger partial charge in [-0.1, -0.05) is 15.9 Å². The number of nitrogens with zero attached hydrogens (tertiary/aromatic N) is 2. The van der Waals surface area contributed by atoms with Gasteiger partial charge in [-0.2, -0.15) is 0 Å². The molecule has 1 fully saturated rings. The van der Waals surface area contributed by atoms with Crippen molar-refractivity contribution >= 4 is 31.6 Å². The van der Waals surface area contributed by atoms with E-state index in [-0.39, 0.29) is 0 Å². The van der Waals surface area contributed by atoms with Gasteiger partial charge >= 0.3 is 0 Å². The molecule has 0 aliphatic heterocycles. The van der Waals surface area contributed by atoms with Crippen LogP contribution in [0.1, 0.15) is 19.3 Å². The lowest BCUT2D eigenvalue weighted by Gasteiger charge is -2.38. The molecule has 1 saturated carbocycles. The fraction of sp³-hybridized carbons (Fsp3) is 0.583. The molecule has 0 bridgehead atoms. The minimum Gasteiger partial charge on any atom is -0.352 e. The summed E-state index contributed by atoms with van der Waals surface area (Å²) in [5, 5.41) is 0.809.